The van der Waals surface area contributed by atoms with E-state index < -0.39 is 0 Å². The maximum Gasteiger partial charge on any atom is 0.260 e. The topological polar surface area (TPSA) is 74.8 Å². The second kappa shape index (κ2) is 9.07. The molecule has 0 aliphatic carbocycles. The summed E-state index contributed by atoms with van der Waals surface area (Å²) < 4.78 is 0. The van der Waals surface area contributed by atoms with Crippen LogP contribution in [0.3, 0.4) is 0 Å². The molecule has 4 rings (SSSR count). The van der Waals surface area contributed by atoms with Gasteiger partial charge < -0.3 is 10.3 Å². The molecule has 2 N–H and O–H groups in total. The van der Waals surface area contributed by atoms with Crippen molar-refractivity contribution < 1.29 is 4.79 Å². The molecular weight excluding hydrogens is 402 g/mol. The lowest BCUT2D eigenvalue weighted by Gasteiger charge is -2.05. The lowest BCUT2D eigenvalue weighted by molar-refractivity contribution is -0.118. The van der Waals surface area contributed by atoms with Crippen LogP contribution in [-0.4, -0.2) is 21.6 Å². The molecule has 4 aromatic rings. The van der Waals surface area contributed by atoms with Crippen molar-refractivity contribution in [2.24, 2.45) is 0 Å². The molecule has 2 aromatic heterocycles. The van der Waals surface area contributed by atoms with Crippen LogP contribution < -0.4 is 10.9 Å². The van der Waals surface area contributed by atoms with E-state index in [0.717, 1.165) is 21.5 Å². The molecule has 0 fully saturated rings. The van der Waals surface area contributed by atoms with Crippen molar-refractivity contribution in [3.05, 3.63) is 87.8 Å². The Morgan fingerprint density at radius 1 is 1.07 bits per heavy atom. The van der Waals surface area contributed by atoms with E-state index in [0.29, 0.717) is 29.3 Å². The lowest BCUT2D eigenvalue weighted by atomic mass is 10.1. The third-order valence-corrected chi connectivity index (χ3v) is 6.20. The molecule has 7 heteroatoms. The number of carbonyl (C=O) groups is 1. The van der Waals surface area contributed by atoms with Gasteiger partial charge in [0.25, 0.3) is 5.56 Å². The van der Waals surface area contributed by atoms with Crippen LogP contribution in [-0.2, 0) is 17.1 Å². The third-order valence-electron chi connectivity index (χ3n) is 4.38. The maximum atomic E-state index is 12.6. The third kappa shape index (κ3) is 4.75. The van der Waals surface area contributed by atoms with Crippen LogP contribution in [0.15, 0.2) is 70.8 Å². The quantitative estimate of drug-likeness (QED) is 0.469. The number of H-pyrrole nitrogens is 1. The maximum absolute atomic E-state index is 12.6. The van der Waals surface area contributed by atoms with E-state index in [1.165, 1.54) is 23.1 Å². The second-order valence-corrected chi connectivity index (χ2v) is 8.31. The number of hydrogen-bond acceptors (Lipinski definition) is 5. The molecule has 0 aliphatic rings. The molecular formula is C22H19N3O2S2. The zero-order valence-corrected chi connectivity index (χ0v) is 17.2. The summed E-state index contributed by atoms with van der Waals surface area (Å²) >= 11 is 2.89. The molecule has 0 atom stereocenters. The van der Waals surface area contributed by atoms with E-state index in [4.69, 9.17) is 0 Å². The van der Waals surface area contributed by atoms with Crippen molar-refractivity contribution in [3.8, 4) is 11.1 Å². The van der Waals surface area contributed by atoms with Crippen LogP contribution in [0.1, 0.15) is 11.4 Å². The second-order valence-electron chi connectivity index (χ2n) is 6.46. The summed E-state index contributed by atoms with van der Waals surface area (Å²) in [7, 11) is 0. The molecule has 2 heterocycles. The fourth-order valence-electron chi connectivity index (χ4n) is 2.98. The molecule has 2 aromatic carbocycles. The van der Waals surface area contributed by atoms with Gasteiger partial charge >= 0.3 is 0 Å². The highest BCUT2D eigenvalue weighted by atomic mass is 32.2. The van der Waals surface area contributed by atoms with E-state index >= 15 is 0 Å². The van der Waals surface area contributed by atoms with Gasteiger partial charge in [-0.25, -0.2) is 4.98 Å². The van der Waals surface area contributed by atoms with Gasteiger partial charge in [-0.2, -0.15) is 0 Å². The van der Waals surface area contributed by atoms with Gasteiger partial charge in [0.2, 0.25) is 5.91 Å². The highest BCUT2D eigenvalue weighted by Crippen LogP contribution is 2.30. The Bertz CT molecular complexity index is 1170. The van der Waals surface area contributed by atoms with Crippen LogP contribution in [0, 0.1) is 0 Å². The summed E-state index contributed by atoms with van der Waals surface area (Å²) in [6.07, 6.45) is 0. The summed E-state index contributed by atoms with van der Waals surface area (Å²) in [6, 6.07) is 19.6. The van der Waals surface area contributed by atoms with Crippen molar-refractivity contribution in [1.82, 2.24) is 15.3 Å². The summed E-state index contributed by atoms with van der Waals surface area (Å²) in [5, 5.41) is 5.49. The normalized spacial score (nSPS) is 10.9. The first-order valence-electron chi connectivity index (χ1n) is 9.15. The Labute approximate surface area is 176 Å². The first-order chi connectivity index (χ1) is 14.2. The van der Waals surface area contributed by atoms with Crippen LogP contribution in [0.4, 0.5) is 0 Å². The molecule has 0 saturated heterocycles. The van der Waals surface area contributed by atoms with Gasteiger partial charge in [-0.1, -0.05) is 60.7 Å². The number of thioether (sulfide) groups is 1. The average molecular weight is 422 g/mol. The molecule has 146 valence electrons. The Hall–Kier alpha value is -2.90. The highest BCUT2D eigenvalue weighted by molar-refractivity contribution is 7.99. The van der Waals surface area contributed by atoms with E-state index in [9.17, 15) is 9.59 Å². The number of aromatic amines is 1. The summed E-state index contributed by atoms with van der Waals surface area (Å²) in [6.45, 7) is 0.513. The van der Waals surface area contributed by atoms with E-state index in [2.05, 4.69) is 15.3 Å². The number of amides is 1. The Morgan fingerprint density at radius 2 is 1.79 bits per heavy atom. The highest BCUT2D eigenvalue weighted by Gasteiger charge is 2.13. The summed E-state index contributed by atoms with van der Waals surface area (Å²) in [5.74, 6) is 1.34. The fraction of sp³-hybridized carbons (Fsp3) is 0.136. The predicted octanol–water partition coefficient (Wildman–Crippen LogP) is 4.20. The minimum absolute atomic E-state index is 0.0373. The largest absolute Gasteiger partial charge is 0.351 e. The smallest absolute Gasteiger partial charge is 0.260 e. The molecule has 1 amide bonds. The number of benzene rings is 2. The number of thiophene rings is 1. The molecule has 0 unspecified atom stereocenters. The van der Waals surface area contributed by atoms with Crippen LogP contribution in [0.5, 0.6) is 0 Å². The van der Waals surface area contributed by atoms with E-state index in [1.807, 2.05) is 66.0 Å². The molecule has 29 heavy (non-hydrogen) atoms. The first-order valence-corrected chi connectivity index (χ1v) is 11.2. The molecule has 0 aliphatic heterocycles. The molecule has 0 radical (unpaired) electrons. The van der Waals surface area contributed by atoms with E-state index in [-0.39, 0.29) is 11.5 Å². The zero-order valence-electron chi connectivity index (χ0n) is 15.6. The number of fused-ring (bicyclic) bond motifs is 1. The van der Waals surface area contributed by atoms with Gasteiger partial charge in [0.15, 0.2) is 0 Å². The van der Waals surface area contributed by atoms with Crippen LogP contribution in [0.25, 0.3) is 21.3 Å². The summed E-state index contributed by atoms with van der Waals surface area (Å²) in [5.41, 5.74) is 2.83. The van der Waals surface area contributed by atoms with Crippen molar-refractivity contribution in [2.45, 2.75) is 12.3 Å². The summed E-state index contributed by atoms with van der Waals surface area (Å²) in [4.78, 5) is 32.8. The number of carbonyl (C=O) groups excluding carboxylic acids is 1. The fourth-order valence-corrected chi connectivity index (χ4v) is 4.67. The monoisotopic (exact) mass is 421 g/mol. The first kappa shape index (κ1) is 19.4. The molecule has 0 saturated carbocycles. The van der Waals surface area contributed by atoms with Gasteiger partial charge in [-0.05, 0) is 11.1 Å². The van der Waals surface area contributed by atoms with Crippen molar-refractivity contribution in [3.63, 3.8) is 0 Å². The van der Waals surface area contributed by atoms with Gasteiger partial charge in [-0.15, -0.1) is 23.1 Å². The molecule has 5 nitrogen and oxygen atoms in total. The number of nitrogens with one attached hydrogen (secondary N) is 2. The van der Waals surface area contributed by atoms with Gasteiger partial charge in [-0.3, -0.25) is 9.59 Å². The van der Waals surface area contributed by atoms with Gasteiger partial charge in [0.1, 0.15) is 10.7 Å². The zero-order chi connectivity index (χ0) is 20.1. The van der Waals surface area contributed by atoms with Crippen LogP contribution >= 0.6 is 23.1 Å². The number of aromatic nitrogens is 2. The standard InChI is InChI=1S/C22H19N3O2S2/c26-19(23-11-15-7-3-1-4-8-15)14-28-13-18-24-21(27)20-17(12-29-22(20)25-18)16-9-5-2-6-10-16/h1-10,12H,11,13-14H2,(H,23,26)(H,24,25,27). The predicted molar refractivity (Wildman–Crippen MR) is 120 cm³/mol. The number of nitrogens with zero attached hydrogens (tertiary/aromatic N) is 1. The lowest BCUT2D eigenvalue weighted by Crippen LogP contribution is -2.24. The Morgan fingerprint density at radius 3 is 2.55 bits per heavy atom. The minimum atomic E-state index is -0.140. The molecule has 0 bridgehead atoms. The Kier molecular flexibility index (Phi) is 6.07. The SMILES string of the molecule is O=C(CSCc1nc2scc(-c3ccccc3)c2c(=O)[nH]1)NCc1ccccc1. The average Bonchev–Trinajstić information content (AvgIpc) is 3.18. The van der Waals surface area contributed by atoms with Crippen molar-refractivity contribution >= 4 is 39.2 Å². The minimum Gasteiger partial charge on any atom is -0.351 e. The van der Waals surface area contributed by atoms with Gasteiger partial charge in [0.05, 0.1) is 16.9 Å². The molecule has 0 spiro atoms. The number of hydrogen-bond donors (Lipinski definition) is 2. The van der Waals surface area contributed by atoms with Crippen molar-refractivity contribution in [2.75, 3.05) is 5.75 Å². The van der Waals surface area contributed by atoms with Crippen molar-refractivity contribution in [1.29, 1.82) is 0 Å². The van der Waals surface area contributed by atoms with E-state index in [1.54, 1.807) is 0 Å². The van der Waals surface area contributed by atoms with Gasteiger partial charge in [0, 0.05) is 17.5 Å². The number of rotatable bonds is 7. The Balaban J connectivity index is 1.38. The van der Waals surface area contributed by atoms with Crippen LogP contribution in [0.2, 0.25) is 0 Å².